The van der Waals surface area contributed by atoms with Crippen LogP contribution in [-0.4, -0.2) is 36.0 Å². The third-order valence-corrected chi connectivity index (χ3v) is 7.02. The van der Waals surface area contributed by atoms with E-state index in [4.69, 9.17) is 4.74 Å². The minimum absolute atomic E-state index is 0.115. The van der Waals surface area contributed by atoms with Crippen LogP contribution in [0.25, 0.3) is 5.70 Å². The fourth-order valence-corrected chi connectivity index (χ4v) is 5.05. The number of nitrogens with zero attached hydrogens (tertiary/aromatic N) is 1. The molecular formula is C33H37N3O4. The molecule has 40 heavy (non-hydrogen) atoms. The van der Waals surface area contributed by atoms with Crippen molar-refractivity contribution >= 4 is 29.3 Å². The molecule has 0 radical (unpaired) electrons. The number of carbonyl (C=O) groups is 3. The molecule has 1 aliphatic rings. The number of amides is 3. The molecule has 7 heteroatoms. The van der Waals surface area contributed by atoms with E-state index >= 15 is 0 Å². The van der Waals surface area contributed by atoms with Crippen molar-refractivity contribution in [2.75, 3.05) is 18.5 Å². The van der Waals surface area contributed by atoms with Gasteiger partial charge in [-0.25, -0.2) is 9.59 Å². The Morgan fingerprint density at radius 3 is 2.30 bits per heavy atom. The second-order valence-corrected chi connectivity index (χ2v) is 9.72. The fourth-order valence-electron chi connectivity index (χ4n) is 5.05. The Hall–Kier alpha value is -4.39. The van der Waals surface area contributed by atoms with Crippen molar-refractivity contribution in [1.82, 2.24) is 10.2 Å². The molecule has 1 heterocycles. The lowest BCUT2D eigenvalue weighted by Crippen LogP contribution is -2.48. The molecule has 1 aliphatic heterocycles. The summed E-state index contributed by atoms with van der Waals surface area (Å²) in [5.41, 5.74) is 3.88. The van der Waals surface area contributed by atoms with E-state index in [-0.39, 0.29) is 24.5 Å². The average molecular weight is 540 g/mol. The molecule has 0 saturated heterocycles. The summed E-state index contributed by atoms with van der Waals surface area (Å²) in [5.74, 6) is -0.904. The van der Waals surface area contributed by atoms with E-state index < -0.39 is 12.0 Å². The number of nitrogens with one attached hydrogen (secondary N) is 2. The number of carbonyl (C=O) groups excluding carboxylic acids is 3. The second-order valence-electron chi connectivity index (χ2n) is 9.72. The minimum Gasteiger partial charge on any atom is -0.463 e. The number of anilines is 1. The van der Waals surface area contributed by atoms with E-state index in [0.717, 1.165) is 24.0 Å². The van der Waals surface area contributed by atoms with Gasteiger partial charge in [0.1, 0.15) is 0 Å². The molecule has 0 fully saturated rings. The molecule has 208 valence electrons. The molecule has 0 saturated carbocycles. The second kappa shape index (κ2) is 13.6. The first-order valence-corrected chi connectivity index (χ1v) is 14.0. The maximum Gasteiger partial charge on any atom is 0.338 e. The molecule has 3 aromatic carbocycles. The van der Waals surface area contributed by atoms with Gasteiger partial charge in [-0.3, -0.25) is 9.69 Å². The van der Waals surface area contributed by atoms with Gasteiger partial charge in [0, 0.05) is 12.2 Å². The number of rotatable bonds is 11. The summed E-state index contributed by atoms with van der Waals surface area (Å²) in [5, 5.41) is 6.07. The number of hydrogen-bond acceptors (Lipinski definition) is 4. The van der Waals surface area contributed by atoms with E-state index in [9.17, 15) is 14.4 Å². The lowest BCUT2D eigenvalue weighted by atomic mass is 9.91. The summed E-state index contributed by atoms with van der Waals surface area (Å²) in [7, 11) is 0. The summed E-state index contributed by atoms with van der Waals surface area (Å²) >= 11 is 0. The van der Waals surface area contributed by atoms with Crippen LogP contribution in [0.15, 0.2) is 90.5 Å². The highest BCUT2D eigenvalue weighted by Crippen LogP contribution is 2.37. The normalized spacial score (nSPS) is 15.8. The van der Waals surface area contributed by atoms with Crippen LogP contribution in [-0.2, 0) is 14.3 Å². The van der Waals surface area contributed by atoms with Crippen LogP contribution in [0.1, 0.15) is 68.7 Å². The summed E-state index contributed by atoms with van der Waals surface area (Å²) in [6.07, 6.45) is 2.33. The zero-order chi connectivity index (χ0) is 28.5. The van der Waals surface area contributed by atoms with Crippen molar-refractivity contribution in [2.24, 2.45) is 0 Å². The van der Waals surface area contributed by atoms with E-state index in [0.29, 0.717) is 35.5 Å². The van der Waals surface area contributed by atoms with Crippen LogP contribution in [0.2, 0.25) is 0 Å². The number of hydrogen-bond donors (Lipinski definition) is 2. The van der Waals surface area contributed by atoms with Gasteiger partial charge in [0.15, 0.2) is 0 Å². The summed E-state index contributed by atoms with van der Waals surface area (Å²) in [6, 6.07) is 25.4. The van der Waals surface area contributed by atoms with Gasteiger partial charge >= 0.3 is 12.0 Å². The molecule has 2 atom stereocenters. The molecule has 0 unspecified atom stereocenters. The molecule has 0 spiro atoms. The van der Waals surface area contributed by atoms with Crippen LogP contribution in [0.3, 0.4) is 0 Å². The Morgan fingerprint density at radius 1 is 0.950 bits per heavy atom. The highest BCUT2D eigenvalue weighted by atomic mass is 16.5. The fraction of sp³-hybridized carbons (Fsp3) is 0.303. The smallest absolute Gasteiger partial charge is 0.338 e. The minimum atomic E-state index is -0.757. The van der Waals surface area contributed by atoms with Crippen LogP contribution in [0.4, 0.5) is 10.5 Å². The number of benzene rings is 3. The number of ether oxygens (including phenoxy) is 1. The average Bonchev–Trinajstić information content (AvgIpc) is 2.97. The van der Waals surface area contributed by atoms with Crippen molar-refractivity contribution in [2.45, 2.75) is 52.0 Å². The zero-order valence-electron chi connectivity index (χ0n) is 23.4. The Labute approximate surface area is 236 Å². The van der Waals surface area contributed by atoms with Gasteiger partial charge in [-0.05, 0) is 48.6 Å². The maximum absolute atomic E-state index is 13.5. The van der Waals surface area contributed by atoms with Gasteiger partial charge in [-0.15, -0.1) is 0 Å². The Kier molecular flexibility index (Phi) is 9.73. The highest BCUT2D eigenvalue weighted by molar-refractivity contribution is 6.05. The van der Waals surface area contributed by atoms with Crippen LogP contribution >= 0.6 is 0 Å². The number of esters is 1. The molecule has 3 amide bonds. The lowest BCUT2D eigenvalue weighted by Gasteiger charge is -2.37. The summed E-state index contributed by atoms with van der Waals surface area (Å²) in [6.45, 7) is 6.48. The van der Waals surface area contributed by atoms with Crippen molar-refractivity contribution in [3.63, 3.8) is 0 Å². The quantitative estimate of drug-likeness (QED) is 0.267. The molecule has 0 bridgehead atoms. The van der Waals surface area contributed by atoms with Gasteiger partial charge < -0.3 is 15.4 Å². The first-order chi connectivity index (χ1) is 19.5. The van der Waals surface area contributed by atoms with Crippen molar-refractivity contribution < 1.29 is 19.1 Å². The topological polar surface area (TPSA) is 87.7 Å². The van der Waals surface area contributed by atoms with Crippen molar-refractivity contribution in [1.29, 1.82) is 0 Å². The van der Waals surface area contributed by atoms with Crippen molar-refractivity contribution in [3.05, 3.63) is 107 Å². The van der Waals surface area contributed by atoms with Crippen LogP contribution < -0.4 is 10.6 Å². The van der Waals surface area contributed by atoms with E-state index in [2.05, 4.69) is 17.6 Å². The number of unbranched alkanes of at least 4 members (excludes halogenated alkanes) is 1. The maximum atomic E-state index is 13.5. The zero-order valence-corrected chi connectivity index (χ0v) is 23.4. The molecule has 3 aromatic rings. The van der Waals surface area contributed by atoms with E-state index in [1.165, 1.54) is 0 Å². The third-order valence-electron chi connectivity index (χ3n) is 7.02. The van der Waals surface area contributed by atoms with Crippen LogP contribution in [0.5, 0.6) is 0 Å². The van der Waals surface area contributed by atoms with Crippen molar-refractivity contribution in [3.8, 4) is 0 Å². The predicted molar refractivity (Wildman–Crippen MR) is 157 cm³/mol. The largest absolute Gasteiger partial charge is 0.463 e. The first kappa shape index (κ1) is 28.6. The first-order valence-electron chi connectivity index (χ1n) is 14.0. The van der Waals surface area contributed by atoms with Gasteiger partial charge in [0.2, 0.25) is 5.91 Å². The summed E-state index contributed by atoms with van der Waals surface area (Å²) in [4.78, 5) is 41.9. The predicted octanol–water partition coefficient (Wildman–Crippen LogP) is 6.66. The monoisotopic (exact) mass is 539 g/mol. The number of urea groups is 1. The van der Waals surface area contributed by atoms with E-state index in [1.54, 1.807) is 11.8 Å². The Morgan fingerprint density at radius 2 is 1.65 bits per heavy atom. The van der Waals surface area contributed by atoms with E-state index in [1.807, 2.05) is 91.9 Å². The van der Waals surface area contributed by atoms with Gasteiger partial charge in [-0.1, -0.05) is 93.1 Å². The summed E-state index contributed by atoms with van der Waals surface area (Å²) < 4.78 is 5.52. The molecular weight excluding hydrogens is 502 g/mol. The SMILES string of the molecule is CCCCN1C(=O)N[C@H](c2cccc(NC(=O)[C@H](CC)c3ccccc3)c2)C(C(=O)OCC)=C1c1ccccc1. The molecule has 0 aromatic heterocycles. The molecule has 7 nitrogen and oxygen atoms in total. The Balaban J connectivity index is 1.75. The highest BCUT2D eigenvalue weighted by Gasteiger charge is 2.38. The van der Waals surface area contributed by atoms with Gasteiger partial charge in [0.05, 0.1) is 29.8 Å². The molecule has 2 N–H and O–H groups in total. The third kappa shape index (κ3) is 6.42. The van der Waals surface area contributed by atoms with Gasteiger partial charge in [-0.2, -0.15) is 0 Å². The van der Waals surface area contributed by atoms with Gasteiger partial charge in [0.25, 0.3) is 0 Å². The molecule has 4 rings (SSSR count). The standard InChI is InChI=1S/C33H37N3O4/c1-4-7-21-36-30(24-17-12-9-13-18-24)28(32(38)40-6-3)29(35-33(36)39)25-19-14-20-26(22-25)34-31(37)27(5-2)23-15-10-8-11-16-23/h8-20,22,27,29H,4-7,21H2,1-3H3,(H,34,37)(H,35,39)/t27-,29-/m1/s1. The van der Waals surface area contributed by atoms with Crippen LogP contribution in [0, 0.1) is 0 Å². The Bertz CT molecular complexity index is 1350. The molecule has 0 aliphatic carbocycles. The lowest BCUT2D eigenvalue weighted by molar-refractivity contribution is -0.139.